The molecule has 0 aliphatic heterocycles. The number of methoxy groups -OCH3 is 2. The number of aryl methyl sites for hydroxylation is 1. The monoisotopic (exact) mass is 364 g/mol. The van der Waals surface area contributed by atoms with Crippen molar-refractivity contribution < 1.29 is 14.3 Å². The molecule has 0 aromatic heterocycles. The second-order valence-electron chi connectivity index (χ2n) is 5.41. The van der Waals surface area contributed by atoms with E-state index < -0.39 is 0 Å². The smallest absolute Gasteiger partial charge is 0.256 e. The van der Waals surface area contributed by atoms with Crippen LogP contribution in [0, 0.1) is 6.92 Å². The third kappa shape index (κ3) is 5.11. The zero-order valence-corrected chi connectivity index (χ0v) is 15.8. The Kier molecular flexibility index (Phi) is 8.25. The molecule has 1 amide bonds. The van der Waals surface area contributed by atoms with Gasteiger partial charge in [-0.2, -0.15) is 0 Å². The zero-order valence-electron chi connectivity index (χ0n) is 15.0. The Morgan fingerprint density at radius 3 is 2.36 bits per heavy atom. The van der Waals surface area contributed by atoms with Crippen LogP contribution >= 0.6 is 12.4 Å². The normalized spacial score (nSPS) is 9.92. The van der Waals surface area contributed by atoms with Crippen LogP contribution in [0.5, 0.6) is 11.5 Å². The Morgan fingerprint density at radius 1 is 1.08 bits per heavy atom. The van der Waals surface area contributed by atoms with Crippen LogP contribution in [0.3, 0.4) is 0 Å². The van der Waals surface area contributed by atoms with E-state index in [0.29, 0.717) is 23.6 Å². The maximum absolute atomic E-state index is 12.7. The number of hydrogen-bond acceptors (Lipinski definition) is 4. The lowest BCUT2D eigenvalue weighted by molar-refractivity contribution is 0.102. The van der Waals surface area contributed by atoms with Gasteiger partial charge >= 0.3 is 0 Å². The lowest BCUT2D eigenvalue weighted by Gasteiger charge is -2.15. The van der Waals surface area contributed by atoms with E-state index in [-0.39, 0.29) is 18.3 Å². The topological polar surface area (TPSA) is 59.6 Å². The summed E-state index contributed by atoms with van der Waals surface area (Å²) >= 11 is 0. The van der Waals surface area contributed by atoms with E-state index in [1.54, 1.807) is 26.4 Å². The lowest BCUT2D eigenvalue weighted by Crippen LogP contribution is -2.18. The molecule has 0 heterocycles. The number of hydrogen-bond donors (Lipinski definition) is 2. The first-order valence-electron chi connectivity index (χ1n) is 7.93. The summed E-state index contributed by atoms with van der Waals surface area (Å²) in [4.78, 5) is 12.7. The van der Waals surface area contributed by atoms with Gasteiger partial charge in [-0.3, -0.25) is 4.79 Å². The lowest BCUT2D eigenvalue weighted by atomic mass is 10.1. The molecule has 136 valence electrons. The fraction of sp³-hybridized carbons (Fsp3) is 0.316. The van der Waals surface area contributed by atoms with Crippen molar-refractivity contribution in [2.75, 3.05) is 26.1 Å². The van der Waals surface area contributed by atoms with Crippen LogP contribution in [0.1, 0.15) is 28.4 Å². The molecule has 0 bridgehead atoms. The van der Waals surface area contributed by atoms with E-state index in [1.165, 1.54) is 0 Å². The number of anilines is 1. The van der Waals surface area contributed by atoms with Gasteiger partial charge in [-0.25, -0.2) is 0 Å². The van der Waals surface area contributed by atoms with Gasteiger partial charge in [0.15, 0.2) is 11.5 Å². The highest BCUT2D eigenvalue weighted by Crippen LogP contribution is 2.30. The number of nitrogens with one attached hydrogen (secondary N) is 2. The van der Waals surface area contributed by atoms with Crippen LogP contribution < -0.4 is 20.1 Å². The third-order valence-corrected chi connectivity index (χ3v) is 3.81. The van der Waals surface area contributed by atoms with E-state index in [4.69, 9.17) is 9.47 Å². The van der Waals surface area contributed by atoms with E-state index in [1.807, 2.05) is 38.1 Å². The molecule has 6 heteroatoms. The van der Waals surface area contributed by atoms with E-state index >= 15 is 0 Å². The van der Waals surface area contributed by atoms with Crippen molar-refractivity contribution in [1.29, 1.82) is 0 Å². The maximum Gasteiger partial charge on any atom is 0.256 e. The van der Waals surface area contributed by atoms with E-state index in [2.05, 4.69) is 10.6 Å². The highest BCUT2D eigenvalue weighted by atomic mass is 35.5. The fourth-order valence-electron chi connectivity index (χ4n) is 2.47. The Hall–Kier alpha value is -2.24. The Morgan fingerprint density at radius 2 is 1.72 bits per heavy atom. The van der Waals surface area contributed by atoms with Crippen molar-refractivity contribution in [2.24, 2.45) is 0 Å². The Bertz CT molecular complexity index is 720. The molecule has 0 aliphatic carbocycles. The van der Waals surface area contributed by atoms with Crippen molar-refractivity contribution in [2.45, 2.75) is 20.4 Å². The molecule has 2 N–H and O–H groups in total. The minimum absolute atomic E-state index is 0. The molecule has 0 saturated carbocycles. The summed E-state index contributed by atoms with van der Waals surface area (Å²) in [6.07, 6.45) is 0. The molecular weight excluding hydrogens is 340 g/mol. The molecule has 0 radical (unpaired) electrons. The standard InChI is InChI=1S/C19H24N2O3.ClH/c1-5-20-12-14-8-6-7-9-16(14)21-19(22)15-11-18(24-4)17(23-3)10-13(15)2;/h6-11,20H,5,12H2,1-4H3,(H,21,22);1H. The summed E-state index contributed by atoms with van der Waals surface area (Å²) in [5.41, 5.74) is 3.24. The van der Waals surface area contributed by atoms with Crippen molar-refractivity contribution in [1.82, 2.24) is 5.32 Å². The van der Waals surface area contributed by atoms with Gasteiger partial charge in [-0.05, 0) is 42.8 Å². The zero-order chi connectivity index (χ0) is 17.5. The van der Waals surface area contributed by atoms with Gasteiger partial charge in [-0.1, -0.05) is 25.1 Å². The number of carbonyl (C=O) groups is 1. The summed E-state index contributed by atoms with van der Waals surface area (Å²) in [6, 6.07) is 11.3. The highest BCUT2D eigenvalue weighted by molar-refractivity contribution is 6.06. The predicted molar refractivity (Wildman–Crippen MR) is 103 cm³/mol. The second-order valence-corrected chi connectivity index (χ2v) is 5.41. The van der Waals surface area contributed by atoms with Crippen molar-refractivity contribution in [3.8, 4) is 11.5 Å². The van der Waals surface area contributed by atoms with Crippen LogP contribution in [0.4, 0.5) is 5.69 Å². The Labute approximate surface area is 155 Å². The number of para-hydroxylation sites is 1. The molecule has 5 nitrogen and oxygen atoms in total. The summed E-state index contributed by atoms with van der Waals surface area (Å²) in [7, 11) is 3.13. The molecule has 0 atom stereocenters. The summed E-state index contributed by atoms with van der Waals surface area (Å²) in [5.74, 6) is 0.977. The van der Waals surface area contributed by atoms with Gasteiger partial charge < -0.3 is 20.1 Å². The van der Waals surface area contributed by atoms with Crippen molar-refractivity contribution in [3.05, 3.63) is 53.1 Å². The van der Waals surface area contributed by atoms with Gasteiger partial charge in [0, 0.05) is 17.8 Å². The molecule has 0 saturated heterocycles. The first-order valence-corrected chi connectivity index (χ1v) is 7.93. The number of halogens is 1. The summed E-state index contributed by atoms with van der Waals surface area (Å²) < 4.78 is 10.6. The van der Waals surface area contributed by atoms with Crippen LogP contribution in [0.25, 0.3) is 0 Å². The van der Waals surface area contributed by atoms with Gasteiger partial charge in [0.1, 0.15) is 0 Å². The van der Waals surface area contributed by atoms with Crippen LogP contribution in [0.15, 0.2) is 36.4 Å². The largest absolute Gasteiger partial charge is 0.493 e. The highest BCUT2D eigenvalue weighted by Gasteiger charge is 2.15. The Balaban J connectivity index is 0.00000312. The molecular formula is C19H25ClN2O3. The number of benzene rings is 2. The maximum atomic E-state index is 12.7. The third-order valence-electron chi connectivity index (χ3n) is 3.81. The number of carbonyl (C=O) groups excluding carboxylic acids is 1. The first-order chi connectivity index (χ1) is 11.6. The fourth-order valence-corrected chi connectivity index (χ4v) is 2.47. The van der Waals surface area contributed by atoms with Crippen LogP contribution in [0.2, 0.25) is 0 Å². The first kappa shape index (κ1) is 20.8. The van der Waals surface area contributed by atoms with Crippen molar-refractivity contribution in [3.63, 3.8) is 0 Å². The molecule has 0 spiro atoms. The average Bonchev–Trinajstić information content (AvgIpc) is 2.60. The van der Waals surface area contributed by atoms with Crippen LogP contribution in [-0.4, -0.2) is 26.7 Å². The summed E-state index contributed by atoms with van der Waals surface area (Å²) in [6.45, 7) is 5.50. The molecule has 2 aromatic rings. The van der Waals surface area contributed by atoms with Gasteiger partial charge in [0.25, 0.3) is 5.91 Å². The minimum atomic E-state index is -0.169. The molecule has 0 fully saturated rings. The molecule has 2 aromatic carbocycles. The van der Waals surface area contributed by atoms with E-state index in [0.717, 1.165) is 23.4 Å². The molecule has 0 aliphatic rings. The second kappa shape index (κ2) is 9.91. The predicted octanol–water partition coefficient (Wildman–Crippen LogP) is 3.80. The number of rotatable bonds is 7. The van der Waals surface area contributed by atoms with Crippen LogP contribution in [-0.2, 0) is 6.54 Å². The van der Waals surface area contributed by atoms with Crippen molar-refractivity contribution >= 4 is 24.0 Å². The van der Waals surface area contributed by atoms with Gasteiger partial charge in [0.2, 0.25) is 0 Å². The number of amides is 1. The number of ether oxygens (including phenoxy) is 2. The minimum Gasteiger partial charge on any atom is -0.493 e. The average molecular weight is 365 g/mol. The summed E-state index contributed by atoms with van der Waals surface area (Å²) in [5, 5.41) is 6.26. The van der Waals surface area contributed by atoms with Gasteiger partial charge in [0.05, 0.1) is 14.2 Å². The molecule has 0 unspecified atom stereocenters. The molecule has 25 heavy (non-hydrogen) atoms. The van der Waals surface area contributed by atoms with E-state index in [9.17, 15) is 4.79 Å². The van der Waals surface area contributed by atoms with Gasteiger partial charge in [-0.15, -0.1) is 12.4 Å². The SMILES string of the molecule is CCNCc1ccccc1NC(=O)c1cc(OC)c(OC)cc1C.Cl. The molecule has 2 rings (SSSR count). The quantitative estimate of drug-likeness (QED) is 0.784.